The average molecular weight is 218 g/mol. The third-order valence-corrected chi connectivity index (χ3v) is 3.13. The Balaban J connectivity index is 1.95. The summed E-state index contributed by atoms with van der Waals surface area (Å²) in [5, 5.41) is 0. The first-order valence-electron chi connectivity index (χ1n) is 5.82. The van der Waals surface area contributed by atoms with E-state index in [-0.39, 0.29) is 5.92 Å². The van der Waals surface area contributed by atoms with E-state index in [4.69, 9.17) is 0 Å². The zero-order valence-electron chi connectivity index (χ0n) is 9.94. The Kier molecular flexibility index (Phi) is 3.34. The van der Waals surface area contributed by atoms with Gasteiger partial charge >= 0.3 is 0 Å². The summed E-state index contributed by atoms with van der Waals surface area (Å²) in [7, 11) is 0. The number of hydrogen-bond donors (Lipinski definition) is 0. The topological polar surface area (TPSA) is 33.2 Å². The number of aromatic nitrogens is 1. The molecule has 2 heterocycles. The van der Waals surface area contributed by atoms with Gasteiger partial charge in [-0.1, -0.05) is 13.0 Å². The summed E-state index contributed by atoms with van der Waals surface area (Å²) in [6.07, 6.45) is 2.62. The van der Waals surface area contributed by atoms with E-state index in [9.17, 15) is 4.79 Å². The Bertz CT molecular complexity index is 372. The van der Waals surface area contributed by atoms with Crippen LogP contribution in [-0.2, 0) is 11.3 Å². The van der Waals surface area contributed by atoms with Crippen molar-refractivity contribution in [2.75, 3.05) is 13.1 Å². The summed E-state index contributed by atoms with van der Waals surface area (Å²) >= 11 is 0. The maximum atomic E-state index is 11.4. The van der Waals surface area contributed by atoms with Crippen molar-refractivity contribution in [3.05, 3.63) is 29.6 Å². The Morgan fingerprint density at radius 1 is 1.50 bits per heavy atom. The minimum atomic E-state index is 0.187. The monoisotopic (exact) mass is 218 g/mol. The molecule has 0 N–H and O–H groups in total. The lowest BCUT2D eigenvalue weighted by Crippen LogP contribution is -2.39. The highest BCUT2D eigenvalue weighted by Crippen LogP contribution is 2.14. The molecule has 86 valence electrons. The van der Waals surface area contributed by atoms with Crippen LogP contribution in [0.5, 0.6) is 0 Å². The standard InChI is InChI=1S/C13H18N2O/c1-10-8-15(6-5-13(10)16)9-12-4-3-11(2)14-7-12/h3-4,7,10H,5-6,8-9H2,1-2H3. The predicted molar refractivity (Wildman–Crippen MR) is 63.0 cm³/mol. The number of carbonyl (C=O) groups is 1. The van der Waals surface area contributed by atoms with Crippen molar-refractivity contribution in [1.82, 2.24) is 9.88 Å². The molecule has 1 aliphatic rings. The maximum absolute atomic E-state index is 11.4. The molecule has 1 unspecified atom stereocenters. The lowest BCUT2D eigenvalue weighted by molar-refractivity contribution is -0.125. The van der Waals surface area contributed by atoms with Gasteiger partial charge in [-0.15, -0.1) is 0 Å². The van der Waals surface area contributed by atoms with E-state index in [1.807, 2.05) is 26.1 Å². The first-order valence-corrected chi connectivity index (χ1v) is 5.82. The molecule has 1 atom stereocenters. The molecule has 1 saturated heterocycles. The number of piperidine rings is 1. The van der Waals surface area contributed by atoms with Crippen LogP contribution in [0, 0.1) is 12.8 Å². The number of likely N-dealkylation sites (tertiary alicyclic amines) is 1. The number of ketones is 1. The number of nitrogens with zero attached hydrogens (tertiary/aromatic N) is 2. The number of aryl methyl sites for hydroxylation is 1. The zero-order chi connectivity index (χ0) is 11.5. The number of carbonyl (C=O) groups excluding carboxylic acids is 1. The van der Waals surface area contributed by atoms with Gasteiger partial charge in [-0.3, -0.25) is 14.7 Å². The van der Waals surface area contributed by atoms with Gasteiger partial charge < -0.3 is 0 Å². The quantitative estimate of drug-likeness (QED) is 0.759. The molecule has 1 aromatic rings. The summed E-state index contributed by atoms with van der Waals surface area (Å²) < 4.78 is 0. The van der Waals surface area contributed by atoms with Crippen molar-refractivity contribution >= 4 is 5.78 Å². The van der Waals surface area contributed by atoms with Gasteiger partial charge in [-0.2, -0.15) is 0 Å². The van der Waals surface area contributed by atoms with Gasteiger partial charge in [0.05, 0.1) is 0 Å². The molecule has 0 spiro atoms. The first-order chi connectivity index (χ1) is 7.65. The Morgan fingerprint density at radius 2 is 2.31 bits per heavy atom. The van der Waals surface area contributed by atoms with Crippen LogP contribution in [0.25, 0.3) is 0 Å². The zero-order valence-corrected chi connectivity index (χ0v) is 9.94. The third-order valence-electron chi connectivity index (χ3n) is 3.13. The summed E-state index contributed by atoms with van der Waals surface area (Å²) in [5.74, 6) is 0.588. The van der Waals surface area contributed by atoms with E-state index in [2.05, 4.69) is 16.0 Å². The minimum Gasteiger partial charge on any atom is -0.299 e. The minimum absolute atomic E-state index is 0.187. The van der Waals surface area contributed by atoms with Gasteiger partial charge in [-0.25, -0.2) is 0 Å². The van der Waals surface area contributed by atoms with Gasteiger partial charge in [0.15, 0.2) is 0 Å². The average Bonchev–Trinajstić information content (AvgIpc) is 2.27. The molecule has 0 aromatic carbocycles. The SMILES string of the molecule is Cc1ccc(CN2CCC(=O)C(C)C2)cn1. The molecule has 3 nitrogen and oxygen atoms in total. The van der Waals surface area contributed by atoms with Gasteiger partial charge in [0.25, 0.3) is 0 Å². The van der Waals surface area contributed by atoms with Crippen LogP contribution in [-0.4, -0.2) is 28.8 Å². The highest BCUT2D eigenvalue weighted by atomic mass is 16.1. The summed E-state index contributed by atoms with van der Waals surface area (Å²) in [5.41, 5.74) is 2.28. The van der Waals surface area contributed by atoms with E-state index < -0.39 is 0 Å². The van der Waals surface area contributed by atoms with Crippen LogP contribution >= 0.6 is 0 Å². The molecule has 0 amide bonds. The number of rotatable bonds is 2. The highest BCUT2D eigenvalue weighted by molar-refractivity contribution is 5.81. The van der Waals surface area contributed by atoms with E-state index in [0.717, 1.165) is 25.3 Å². The number of pyridine rings is 1. The predicted octanol–water partition coefficient (Wildman–Crippen LogP) is 1.80. The van der Waals surface area contributed by atoms with E-state index >= 15 is 0 Å². The second kappa shape index (κ2) is 4.74. The fourth-order valence-electron chi connectivity index (χ4n) is 2.09. The van der Waals surface area contributed by atoms with Gasteiger partial charge in [0, 0.05) is 43.9 Å². The summed E-state index contributed by atoms with van der Waals surface area (Å²) in [4.78, 5) is 18.0. The van der Waals surface area contributed by atoms with Crippen LogP contribution in [0.15, 0.2) is 18.3 Å². The molecule has 1 fully saturated rings. The van der Waals surface area contributed by atoms with Gasteiger partial charge in [0.2, 0.25) is 0 Å². The molecule has 0 radical (unpaired) electrons. The Morgan fingerprint density at radius 3 is 2.94 bits per heavy atom. The smallest absolute Gasteiger partial charge is 0.138 e. The molecule has 16 heavy (non-hydrogen) atoms. The third kappa shape index (κ3) is 2.67. The molecule has 1 aliphatic heterocycles. The molecule has 0 saturated carbocycles. The molecular formula is C13H18N2O. The molecule has 0 aliphatic carbocycles. The lowest BCUT2D eigenvalue weighted by Gasteiger charge is -2.29. The fourth-order valence-corrected chi connectivity index (χ4v) is 2.09. The van der Waals surface area contributed by atoms with Crippen molar-refractivity contribution in [1.29, 1.82) is 0 Å². The highest BCUT2D eigenvalue weighted by Gasteiger charge is 2.23. The first kappa shape index (κ1) is 11.3. The van der Waals surface area contributed by atoms with Crippen LogP contribution in [0.1, 0.15) is 24.6 Å². The summed E-state index contributed by atoms with van der Waals surface area (Å²) in [6, 6.07) is 4.15. The lowest BCUT2D eigenvalue weighted by atomic mass is 9.98. The van der Waals surface area contributed by atoms with Crippen molar-refractivity contribution in [2.24, 2.45) is 5.92 Å². The van der Waals surface area contributed by atoms with Crippen LogP contribution in [0.3, 0.4) is 0 Å². The van der Waals surface area contributed by atoms with Crippen molar-refractivity contribution in [3.63, 3.8) is 0 Å². The molecule has 0 bridgehead atoms. The Labute approximate surface area is 96.5 Å². The fraction of sp³-hybridized carbons (Fsp3) is 0.538. The number of hydrogen-bond acceptors (Lipinski definition) is 3. The molecule has 2 rings (SSSR count). The van der Waals surface area contributed by atoms with Crippen molar-refractivity contribution in [3.8, 4) is 0 Å². The van der Waals surface area contributed by atoms with E-state index in [1.54, 1.807) is 0 Å². The maximum Gasteiger partial charge on any atom is 0.138 e. The Hall–Kier alpha value is -1.22. The van der Waals surface area contributed by atoms with Crippen LogP contribution in [0.2, 0.25) is 0 Å². The van der Waals surface area contributed by atoms with E-state index in [0.29, 0.717) is 12.2 Å². The normalized spacial score (nSPS) is 22.4. The second-order valence-corrected chi connectivity index (χ2v) is 4.66. The molecule has 3 heteroatoms. The van der Waals surface area contributed by atoms with Crippen molar-refractivity contribution < 1.29 is 4.79 Å². The van der Waals surface area contributed by atoms with Gasteiger partial charge in [-0.05, 0) is 18.6 Å². The molecule has 1 aromatic heterocycles. The second-order valence-electron chi connectivity index (χ2n) is 4.66. The molecular weight excluding hydrogens is 200 g/mol. The largest absolute Gasteiger partial charge is 0.299 e. The van der Waals surface area contributed by atoms with Gasteiger partial charge in [0.1, 0.15) is 5.78 Å². The van der Waals surface area contributed by atoms with Crippen molar-refractivity contribution in [2.45, 2.75) is 26.8 Å². The van der Waals surface area contributed by atoms with Crippen LogP contribution in [0.4, 0.5) is 0 Å². The van der Waals surface area contributed by atoms with Crippen LogP contribution < -0.4 is 0 Å². The van der Waals surface area contributed by atoms with E-state index in [1.165, 1.54) is 5.56 Å². The summed E-state index contributed by atoms with van der Waals surface area (Å²) in [6.45, 7) is 6.68. The number of Topliss-reactive ketones (excluding diaryl/α,β-unsaturated/α-hetero) is 1.